The smallest absolute Gasteiger partial charge is 0.224 e. The Kier molecular flexibility index (Phi) is 7.17. The van der Waals surface area contributed by atoms with Crippen LogP contribution in [0, 0.1) is 0 Å². The lowest BCUT2D eigenvalue weighted by Crippen LogP contribution is -2.37. The van der Waals surface area contributed by atoms with Gasteiger partial charge < -0.3 is 20.1 Å². The topological polar surface area (TPSA) is 59.6 Å². The first-order valence-corrected chi connectivity index (χ1v) is 9.01. The van der Waals surface area contributed by atoms with Crippen LogP contribution in [0.4, 0.5) is 0 Å². The number of benzene rings is 1. The molecule has 128 valence electrons. The maximum atomic E-state index is 12.2. The molecular weight excluding hydrogens is 360 g/mol. The molecule has 0 aliphatic carbocycles. The molecule has 1 fully saturated rings. The second-order valence-electron chi connectivity index (χ2n) is 5.53. The summed E-state index contributed by atoms with van der Waals surface area (Å²) in [6.45, 7) is 6.72. The largest absolute Gasteiger partial charge is 0.490 e. The highest BCUT2D eigenvalue weighted by molar-refractivity contribution is 9.10. The number of amides is 1. The van der Waals surface area contributed by atoms with Gasteiger partial charge in [0.05, 0.1) is 19.6 Å². The van der Waals surface area contributed by atoms with E-state index in [1.54, 1.807) is 0 Å². The summed E-state index contributed by atoms with van der Waals surface area (Å²) in [6, 6.07) is 4.16. The van der Waals surface area contributed by atoms with Gasteiger partial charge >= 0.3 is 0 Å². The minimum atomic E-state index is 0.0195. The van der Waals surface area contributed by atoms with E-state index in [9.17, 15) is 4.79 Å². The molecule has 1 atom stereocenters. The zero-order chi connectivity index (χ0) is 16.7. The van der Waals surface area contributed by atoms with Crippen molar-refractivity contribution in [2.45, 2.75) is 39.2 Å². The first-order chi connectivity index (χ1) is 11.1. The van der Waals surface area contributed by atoms with Gasteiger partial charge in [0, 0.05) is 17.1 Å². The third-order valence-electron chi connectivity index (χ3n) is 3.77. The van der Waals surface area contributed by atoms with Crippen LogP contribution in [0.15, 0.2) is 16.6 Å². The van der Waals surface area contributed by atoms with Crippen LogP contribution in [0.5, 0.6) is 11.5 Å². The van der Waals surface area contributed by atoms with E-state index in [0.29, 0.717) is 43.7 Å². The lowest BCUT2D eigenvalue weighted by molar-refractivity contribution is -0.120. The number of ether oxygens (including phenoxy) is 2. The number of hydrogen-bond acceptors (Lipinski definition) is 4. The lowest BCUT2D eigenvalue weighted by Gasteiger charge is -2.15. The molecule has 0 radical (unpaired) electrons. The van der Waals surface area contributed by atoms with Gasteiger partial charge in [0.2, 0.25) is 5.91 Å². The van der Waals surface area contributed by atoms with E-state index in [4.69, 9.17) is 9.47 Å². The standard InChI is InChI=1S/C17H25BrN2O3/c1-3-22-15-8-12(14(18)10-16(15)23-4-2)9-17(21)20-11-13-6-5-7-19-13/h8,10,13,19H,3-7,9,11H2,1-2H3,(H,20,21). The van der Waals surface area contributed by atoms with E-state index in [1.807, 2.05) is 26.0 Å². The molecule has 1 aromatic rings. The highest BCUT2D eigenvalue weighted by Gasteiger charge is 2.16. The Hall–Kier alpha value is -1.27. The van der Waals surface area contributed by atoms with Gasteiger partial charge in [-0.3, -0.25) is 4.79 Å². The van der Waals surface area contributed by atoms with Crippen LogP contribution in [-0.2, 0) is 11.2 Å². The number of nitrogens with one attached hydrogen (secondary N) is 2. The van der Waals surface area contributed by atoms with Crippen LogP contribution in [0.25, 0.3) is 0 Å². The van der Waals surface area contributed by atoms with Gasteiger partial charge in [0.15, 0.2) is 11.5 Å². The SMILES string of the molecule is CCOc1cc(Br)c(CC(=O)NCC2CCCN2)cc1OCC. The van der Waals surface area contributed by atoms with Crippen molar-refractivity contribution in [3.63, 3.8) is 0 Å². The second-order valence-corrected chi connectivity index (χ2v) is 6.38. The molecular formula is C17H25BrN2O3. The Morgan fingerprint density at radius 3 is 2.61 bits per heavy atom. The average Bonchev–Trinajstić information content (AvgIpc) is 3.03. The Morgan fingerprint density at radius 1 is 1.30 bits per heavy atom. The summed E-state index contributed by atoms with van der Waals surface area (Å²) in [5.74, 6) is 1.39. The molecule has 1 aliphatic heterocycles. The van der Waals surface area contributed by atoms with Gasteiger partial charge in [-0.25, -0.2) is 0 Å². The summed E-state index contributed by atoms with van der Waals surface area (Å²) in [6.07, 6.45) is 2.63. The maximum Gasteiger partial charge on any atom is 0.224 e. The van der Waals surface area contributed by atoms with Crippen molar-refractivity contribution >= 4 is 21.8 Å². The number of carbonyl (C=O) groups excluding carboxylic acids is 1. The van der Waals surface area contributed by atoms with Crippen molar-refractivity contribution in [3.05, 3.63) is 22.2 Å². The molecule has 1 heterocycles. The van der Waals surface area contributed by atoms with Crippen molar-refractivity contribution in [1.29, 1.82) is 0 Å². The van der Waals surface area contributed by atoms with Crippen LogP contribution < -0.4 is 20.1 Å². The predicted octanol–water partition coefficient (Wildman–Crippen LogP) is 2.66. The van der Waals surface area contributed by atoms with Crippen molar-refractivity contribution in [3.8, 4) is 11.5 Å². The van der Waals surface area contributed by atoms with Crippen LogP contribution in [0.3, 0.4) is 0 Å². The van der Waals surface area contributed by atoms with E-state index in [-0.39, 0.29) is 5.91 Å². The fourth-order valence-corrected chi connectivity index (χ4v) is 3.12. The van der Waals surface area contributed by atoms with E-state index in [1.165, 1.54) is 6.42 Å². The predicted molar refractivity (Wildman–Crippen MR) is 94.2 cm³/mol. The van der Waals surface area contributed by atoms with Gasteiger partial charge in [-0.1, -0.05) is 15.9 Å². The molecule has 1 unspecified atom stereocenters. The number of carbonyl (C=O) groups is 1. The van der Waals surface area contributed by atoms with Crippen molar-refractivity contribution in [2.24, 2.45) is 0 Å². The Bertz CT molecular complexity index is 531. The summed E-state index contributed by atoms with van der Waals surface area (Å²) < 4.78 is 12.1. The van der Waals surface area contributed by atoms with Gasteiger partial charge in [0.25, 0.3) is 0 Å². The fraction of sp³-hybridized carbons (Fsp3) is 0.588. The quantitative estimate of drug-likeness (QED) is 0.723. The Morgan fingerprint density at radius 2 is 2.00 bits per heavy atom. The number of hydrogen-bond donors (Lipinski definition) is 2. The molecule has 1 saturated heterocycles. The normalized spacial score (nSPS) is 17.1. The monoisotopic (exact) mass is 384 g/mol. The molecule has 5 nitrogen and oxygen atoms in total. The average molecular weight is 385 g/mol. The first kappa shape index (κ1) is 18.1. The van der Waals surface area contributed by atoms with Crippen molar-refractivity contribution in [2.75, 3.05) is 26.3 Å². The Labute approximate surface area is 146 Å². The molecule has 1 aromatic carbocycles. The van der Waals surface area contributed by atoms with Crippen LogP contribution in [0.1, 0.15) is 32.3 Å². The molecule has 0 bridgehead atoms. The van der Waals surface area contributed by atoms with Crippen LogP contribution in [-0.4, -0.2) is 38.3 Å². The highest BCUT2D eigenvalue weighted by atomic mass is 79.9. The van der Waals surface area contributed by atoms with Crippen LogP contribution in [0.2, 0.25) is 0 Å². The highest BCUT2D eigenvalue weighted by Crippen LogP contribution is 2.34. The summed E-state index contributed by atoms with van der Waals surface area (Å²) in [7, 11) is 0. The van der Waals surface area contributed by atoms with Crippen molar-refractivity contribution in [1.82, 2.24) is 10.6 Å². The zero-order valence-corrected chi connectivity index (χ0v) is 15.4. The number of rotatable bonds is 8. The van der Waals surface area contributed by atoms with Gasteiger partial charge in [-0.2, -0.15) is 0 Å². The molecule has 23 heavy (non-hydrogen) atoms. The fourth-order valence-electron chi connectivity index (χ4n) is 2.65. The summed E-state index contributed by atoms with van der Waals surface area (Å²) in [5, 5.41) is 6.37. The van der Waals surface area contributed by atoms with Crippen LogP contribution >= 0.6 is 15.9 Å². The van der Waals surface area contributed by atoms with E-state index < -0.39 is 0 Å². The molecule has 0 saturated carbocycles. The maximum absolute atomic E-state index is 12.2. The van der Waals surface area contributed by atoms with E-state index in [2.05, 4.69) is 26.6 Å². The molecule has 1 aliphatic rings. The number of halogens is 1. The van der Waals surface area contributed by atoms with E-state index >= 15 is 0 Å². The molecule has 0 aromatic heterocycles. The molecule has 0 spiro atoms. The minimum absolute atomic E-state index is 0.0195. The molecule has 6 heteroatoms. The lowest BCUT2D eigenvalue weighted by atomic mass is 10.1. The van der Waals surface area contributed by atoms with Crippen molar-refractivity contribution < 1.29 is 14.3 Å². The van der Waals surface area contributed by atoms with E-state index in [0.717, 1.165) is 23.0 Å². The van der Waals surface area contributed by atoms with Gasteiger partial charge in [-0.15, -0.1) is 0 Å². The molecule has 2 rings (SSSR count). The molecule has 2 N–H and O–H groups in total. The zero-order valence-electron chi connectivity index (χ0n) is 13.8. The summed E-state index contributed by atoms with van der Waals surface area (Å²) in [5.41, 5.74) is 0.897. The second kappa shape index (κ2) is 9.13. The molecule has 1 amide bonds. The first-order valence-electron chi connectivity index (χ1n) is 8.22. The Balaban J connectivity index is 1.99. The van der Waals surface area contributed by atoms with Gasteiger partial charge in [0.1, 0.15) is 0 Å². The summed E-state index contributed by atoms with van der Waals surface area (Å²) in [4.78, 5) is 12.2. The minimum Gasteiger partial charge on any atom is -0.490 e. The third-order valence-corrected chi connectivity index (χ3v) is 4.51. The summed E-state index contributed by atoms with van der Waals surface area (Å²) >= 11 is 3.52. The third kappa shape index (κ3) is 5.39. The van der Waals surface area contributed by atoms with Gasteiger partial charge in [-0.05, 0) is 50.9 Å².